The fourth-order valence-electron chi connectivity index (χ4n) is 1.11. The van der Waals surface area contributed by atoms with Gasteiger partial charge in [0, 0.05) is 0 Å². The van der Waals surface area contributed by atoms with Crippen LogP contribution in [0, 0.1) is 0 Å². The van der Waals surface area contributed by atoms with E-state index in [1.165, 1.54) is 19.3 Å². The number of rotatable bonds is 2. The number of nitrogens with zero attached hydrogens (tertiary/aromatic N) is 2. The van der Waals surface area contributed by atoms with Gasteiger partial charge in [-0.1, -0.05) is 6.42 Å². The first kappa shape index (κ1) is 10.1. The second-order valence-corrected chi connectivity index (χ2v) is 2.31. The van der Waals surface area contributed by atoms with Crippen molar-refractivity contribution in [3.8, 4) is 0 Å². The van der Waals surface area contributed by atoms with Crippen LogP contribution in [0.2, 0.25) is 0 Å². The number of hydrogen-bond acceptors (Lipinski definition) is 1. The molecule has 0 aliphatic carbocycles. The Morgan fingerprint density at radius 1 is 1.20 bits per heavy atom. The Bertz CT molecular complexity index is 89.6. The van der Waals surface area contributed by atoms with Gasteiger partial charge in [0.1, 0.15) is 0 Å². The molecule has 0 atom stereocenters. The molecular formula is C7H13LiN2. The van der Waals surface area contributed by atoms with Crippen LogP contribution >= 0.6 is 0 Å². The average Bonchev–Trinajstić information content (AvgIpc) is 1.91. The molecule has 10 heavy (non-hydrogen) atoms. The summed E-state index contributed by atoms with van der Waals surface area (Å²) in [6, 6.07) is 0. The fraction of sp³-hybridized carbons (Fsp3) is 0.714. The van der Waals surface area contributed by atoms with Crippen molar-refractivity contribution in [3.05, 3.63) is 18.2 Å². The van der Waals surface area contributed by atoms with Gasteiger partial charge in [-0.2, -0.15) is 6.20 Å². The van der Waals surface area contributed by atoms with Gasteiger partial charge in [-0.25, -0.2) is 0 Å². The molecule has 1 saturated heterocycles. The van der Waals surface area contributed by atoms with Crippen LogP contribution in [0.1, 0.15) is 19.3 Å². The van der Waals surface area contributed by atoms with Crippen molar-refractivity contribution >= 4 is 0 Å². The second kappa shape index (κ2) is 5.85. The molecule has 0 saturated carbocycles. The molecule has 0 aromatic carbocycles. The predicted molar refractivity (Wildman–Crippen MR) is 39.0 cm³/mol. The van der Waals surface area contributed by atoms with E-state index in [-0.39, 0.29) is 18.9 Å². The van der Waals surface area contributed by atoms with Crippen molar-refractivity contribution in [2.45, 2.75) is 19.3 Å². The van der Waals surface area contributed by atoms with Gasteiger partial charge in [-0.3, -0.25) is 0 Å². The molecule has 0 bridgehead atoms. The summed E-state index contributed by atoms with van der Waals surface area (Å²) in [5, 5.41) is 2.08. The summed E-state index contributed by atoms with van der Waals surface area (Å²) in [5.74, 6) is 0. The zero-order chi connectivity index (χ0) is 6.53. The summed E-state index contributed by atoms with van der Waals surface area (Å²) in [7, 11) is 0. The van der Waals surface area contributed by atoms with Crippen molar-refractivity contribution in [1.82, 2.24) is 5.01 Å². The summed E-state index contributed by atoms with van der Waals surface area (Å²) >= 11 is 0. The number of hydrogen-bond donors (Lipinski definition) is 0. The van der Waals surface area contributed by atoms with E-state index in [9.17, 15) is 0 Å². The molecule has 1 aliphatic rings. The maximum absolute atomic E-state index is 4.08. The molecule has 0 unspecified atom stereocenters. The maximum atomic E-state index is 4.08. The molecule has 1 aliphatic heterocycles. The van der Waals surface area contributed by atoms with Gasteiger partial charge in [0.15, 0.2) is 0 Å². The van der Waals surface area contributed by atoms with Crippen molar-refractivity contribution < 1.29 is 18.9 Å². The van der Waals surface area contributed by atoms with Gasteiger partial charge in [0.05, 0.1) is 0 Å². The van der Waals surface area contributed by atoms with E-state index in [1.54, 1.807) is 6.20 Å². The smallest absolute Gasteiger partial charge is 0.627 e. The van der Waals surface area contributed by atoms with Crippen molar-refractivity contribution in [1.29, 1.82) is 0 Å². The van der Waals surface area contributed by atoms with Crippen LogP contribution in [-0.2, 0) is 0 Å². The third kappa shape index (κ3) is 3.31. The van der Waals surface area contributed by atoms with Crippen molar-refractivity contribution in [2.75, 3.05) is 13.1 Å². The Balaban J connectivity index is 0.000000810. The molecule has 0 aromatic heterocycles. The average molecular weight is 132 g/mol. The van der Waals surface area contributed by atoms with Crippen LogP contribution in [0.4, 0.5) is 0 Å². The molecule has 0 radical (unpaired) electrons. The van der Waals surface area contributed by atoms with Crippen LogP contribution < -0.4 is 18.9 Å². The normalized spacial score (nSPS) is 19.2. The van der Waals surface area contributed by atoms with Crippen LogP contribution in [0.3, 0.4) is 0 Å². The van der Waals surface area contributed by atoms with Crippen molar-refractivity contribution in [2.24, 2.45) is 0 Å². The molecule has 1 rings (SSSR count). The first-order valence-corrected chi connectivity index (χ1v) is 3.50. The maximum Gasteiger partial charge on any atom is 1.00 e. The van der Waals surface area contributed by atoms with Gasteiger partial charge in [-0.15, -0.1) is 6.58 Å². The van der Waals surface area contributed by atoms with Gasteiger partial charge in [-0.05, 0) is 25.9 Å². The van der Waals surface area contributed by atoms with Gasteiger partial charge in [0.2, 0.25) is 0 Å². The predicted octanol–water partition coefficient (Wildman–Crippen LogP) is -1.09. The molecule has 0 aromatic rings. The minimum absolute atomic E-state index is 0. The Labute approximate surface area is 74.8 Å². The third-order valence-electron chi connectivity index (χ3n) is 1.58. The third-order valence-corrected chi connectivity index (χ3v) is 1.58. The van der Waals surface area contributed by atoms with E-state index in [4.69, 9.17) is 0 Å². The van der Waals surface area contributed by atoms with E-state index in [1.807, 2.05) is 0 Å². The van der Waals surface area contributed by atoms with Crippen LogP contribution in [-0.4, -0.2) is 18.1 Å². The Kier molecular flexibility index (Phi) is 5.91. The Morgan fingerprint density at radius 2 is 1.80 bits per heavy atom. The summed E-state index contributed by atoms with van der Waals surface area (Å²) in [6.07, 6.45) is 5.56. The first-order chi connectivity index (χ1) is 4.43. The zero-order valence-electron chi connectivity index (χ0n) is 6.71. The summed E-state index contributed by atoms with van der Waals surface area (Å²) in [4.78, 5) is 0. The minimum Gasteiger partial charge on any atom is -0.627 e. The van der Waals surface area contributed by atoms with Crippen LogP contribution in [0.5, 0.6) is 0 Å². The largest absolute Gasteiger partial charge is 1.00 e. The van der Waals surface area contributed by atoms with Crippen LogP contribution in [0.25, 0.3) is 5.43 Å². The quantitative estimate of drug-likeness (QED) is 0.436. The van der Waals surface area contributed by atoms with Gasteiger partial charge in [0.25, 0.3) is 0 Å². The van der Waals surface area contributed by atoms with E-state index < -0.39 is 0 Å². The molecule has 1 heterocycles. The molecule has 52 valence electrons. The summed E-state index contributed by atoms with van der Waals surface area (Å²) in [5.41, 5.74) is 4.08. The Hall–Kier alpha value is 0.0974. The van der Waals surface area contributed by atoms with Crippen LogP contribution in [0.15, 0.2) is 12.8 Å². The molecule has 0 amide bonds. The summed E-state index contributed by atoms with van der Waals surface area (Å²) < 4.78 is 0. The second-order valence-electron chi connectivity index (χ2n) is 2.31. The van der Waals surface area contributed by atoms with E-state index in [0.717, 1.165) is 13.1 Å². The molecule has 1 fully saturated rings. The van der Waals surface area contributed by atoms with Crippen molar-refractivity contribution in [3.63, 3.8) is 0 Å². The standard InChI is InChI=1S/C7H13N2.Li/c1-2-8-9-6-4-3-5-7-9;/h2H,1,3-7H2;/q-1;+1. The SMILES string of the molecule is C=C[N-]N1CCCCC1.[Li+]. The molecular weight excluding hydrogens is 119 g/mol. The Morgan fingerprint density at radius 3 is 2.30 bits per heavy atom. The molecule has 2 nitrogen and oxygen atoms in total. The molecule has 0 N–H and O–H groups in total. The monoisotopic (exact) mass is 132 g/mol. The van der Waals surface area contributed by atoms with E-state index in [2.05, 4.69) is 17.0 Å². The first-order valence-electron chi connectivity index (χ1n) is 3.50. The molecule has 0 spiro atoms. The topological polar surface area (TPSA) is 17.3 Å². The minimum atomic E-state index is 0. The molecule has 3 heteroatoms. The van der Waals surface area contributed by atoms with E-state index >= 15 is 0 Å². The zero-order valence-corrected chi connectivity index (χ0v) is 6.71. The van der Waals surface area contributed by atoms with E-state index in [0.29, 0.717) is 0 Å². The van der Waals surface area contributed by atoms with Gasteiger partial charge >= 0.3 is 18.9 Å². The summed E-state index contributed by atoms with van der Waals surface area (Å²) in [6.45, 7) is 5.78. The fourth-order valence-corrected chi connectivity index (χ4v) is 1.11. The van der Waals surface area contributed by atoms with Gasteiger partial charge < -0.3 is 10.4 Å². The number of piperidine rings is 1.